The molecule has 1 heteroatoms. The van der Waals surface area contributed by atoms with Crippen LogP contribution in [0.4, 0.5) is 0 Å². The average molecular weight is 179 g/mol. The van der Waals surface area contributed by atoms with Gasteiger partial charge in [-0.25, -0.2) is 0 Å². The molecule has 2 bridgehead atoms. The molecule has 2 N–H and O–H groups in total. The third-order valence-electron chi connectivity index (χ3n) is 4.44. The van der Waals surface area contributed by atoms with E-state index in [4.69, 9.17) is 5.73 Å². The van der Waals surface area contributed by atoms with Crippen molar-refractivity contribution in [1.82, 2.24) is 0 Å². The van der Waals surface area contributed by atoms with Gasteiger partial charge in [-0.2, -0.15) is 0 Å². The molecule has 13 heavy (non-hydrogen) atoms. The van der Waals surface area contributed by atoms with Crippen molar-refractivity contribution in [2.24, 2.45) is 23.0 Å². The Kier molecular flexibility index (Phi) is 1.85. The molecule has 0 unspecified atom stereocenters. The van der Waals surface area contributed by atoms with Gasteiger partial charge in [-0.05, 0) is 38.0 Å². The van der Waals surface area contributed by atoms with E-state index in [0.717, 1.165) is 0 Å². The van der Waals surface area contributed by atoms with Crippen molar-refractivity contribution in [2.75, 3.05) is 0 Å². The predicted octanol–water partition coefficient (Wildman–Crippen LogP) is 2.72. The zero-order chi connectivity index (χ0) is 9.80. The highest BCUT2D eigenvalue weighted by molar-refractivity contribution is 5.31. The first-order valence-electron chi connectivity index (χ1n) is 5.38. The highest BCUT2D eigenvalue weighted by atomic mass is 14.7. The van der Waals surface area contributed by atoms with Gasteiger partial charge in [-0.1, -0.05) is 25.0 Å². The lowest BCUT2D eigenvalue weighted by atomic mass is 9.65. The second kappa shape index (κ2) is 2.60. The zero-order valence-corrected chi connectivity index (χ0v) is 9.22. The Hall–Kier alpha value is -0.300. The minimum atomic E-state index is 0.406. The Bertz CT molecular complexity index is 262. The highest BCUT2D eigenvalue weighted by Gasteiger charge is 2.48. The summed E-state index contributed by atoms with van der Waals surface area (Å²) >= 11 is 0. The van der Waals surface area contributed by atoms with Crippen molar-refractivity contribution in [3.63, 3.8) is 0 Å². The van der Waals surface area contributed by atoms with E-state index >= 15 is 0 Å². The summed E-state index contributed by atoms with van der Waals surface area (Å²) in [6.45, 7) is 9.31. The predicted molar refractivity (Wildman–Crippen MR) is 56.3 cm³/mol. The molecule has 1 fully saturated rings. The standard InChI is InChI=1S/C12H21N/c1-7-8(2)10-11(13)9(7)5-6-12(10,3)4/h9-11H,5-6,13H2,1-4H3/t9-,10+,11-/m0/s1. The Morgan fingerprint density at radius 2 is 1.85 bits per heavy atom. The van der Waals surface area contributed by atoms with E-state index in [9.17, 15) is 0 Å². The Morgan fingerprint density at radius 1 is 1.23 bits per heavy atom. The smallest absolute Gasteiger partial charge is 0.0176 e. The van der Waals surface area contributed by atoms with Crippen LogP contribution in [0.1, 0.15) is 40.5 Å². The first kappa shape index (κ1) is 9.26. The van der Waals surface area contributed by atoms with Crippen molar-refractivity contribution in [1.29, 1.82) is 0 Å². The molecule has 0 spiro atoms. The van der Waals surface area contributed by atoms with Gasteiger partial charge in [0.15, 0.2) is 0 Å². The molecule has 2 aliphatic rings. The maximum Gasteiger partial charge on any atom is 0.0176 e. The van der Waals surface area contributed by atoms with E-state index in [1.807, 2.05) is 0 Å². The van der Waals surface area contributed by atoms with Gasteiger partial charge in [-0.15, -0.1) is 0 Å². The van der Waals surface area contributed by atoms with Crippen LogP contribution in [0.25, 0.3) is 0 Å². The van der Waals surface area contributed by atoms with Crippen molar-refractivity contribution in [2.45, 2.75) is 46.6 Å². The Labute approximate surface area is 81.4 Å². The molecule has 0 amide bonds. The van der Waals surface area contributed by atoms with E-state index in [-0.39, 0.29) is 0 Å². The van der Waals surface area contributed by atoms with Crippen LogP contribution in [0.3, 0.4) is 0 Å². The van der Waals surface area contributed by atoms with Crippen LogP contribution < -0.4 is 5.73 Å². The van der Waals surface area contributed by atoms with Crippen LogP contribution in [0.5, 0.6) is 0 Å². The molecule has 2 aliphatic carbocycles. The van der Waals surface area contributed by atoms with Crippen LogP contribution in [0, 0.1) is 17.3 Å². The summed E-state index contributed by atoms with van der Waals surface area (Å²) in [5.41, 5.74) is 9.90. The van der Waals surface area contributed by atoms with Crippen LogP contribution in [-0.4, -0.2) is 6.04 Å². The van der Waals surface area contributed by atoms with Crippen LogP contribution in [0.15, 0.2) is 11.1 Å². The molecule has 0 saturated heterocycles. The van der Waals surface area contributed by atoms with Crippen LogP contribution in [-0.2, 0) is 0 Å². The van der Waals surface area contributed by atoms with Gasteiger partial charge >= 0.3 is 0 Å². The van der Waals surface area contributed by atoms with Gasteiger partial charge in [0.25, 0.3) is 0 Å². The minimum absolute atomic E-state index is 0.406. The number of hydrogen-bond acceptors (Lipinski definition) is 1. The molecule has 0 aromatic heterocycles. The number of nitrogens with two attached hydrogens (primary N) is 1. The average Bonchev–Trinajstić information content (AvgIpc) is 2.16. The fourth-order valence-corrected chi connectivity index (χ4v) is 3.55. The Morgan fingerprint density at radius 3 is 2.38 bits per heavy atom. The molecule has 0 aromatic carbocycles. The first-order chi connectivity index (χ1) is 5.95. The molecule has 1 saturated carbocycles. The maximum atomic E-state index is 6.30. The summed E-state index contributed by atoms with van der Waals surface area (Å²) in [5.74, 6) is 1.34. The first-order valence-corrected chi connectivity index (χ1v) is 5.38. The van der Waals surface area contributed by atoms with Crippen molar-refractivity contribution in [3.05, 3.63) is 11.1 Å². The monoisotopic (exact) mass is 179 g/mol. The molecular weight excluding hydrogens is 158 g/mol. The van der Waals surface area contributed by atoms with Gasteiger partial charge in [0.1, 0.15) is 0 Å². The molecule has 0 heterocycles. The van der Waals surface area contributed by atoms with E-state index < -0.39 is 0 Å². The molecule has 3 atom stereocenters. The van der Waals surface area contributed by atoms with E-state index in [1.165, 1.54) is 12.8 Å². The molecule has 2 rings (SSSR count). The van der Waals surface area contributed by atoms with Crippen molar-refractivity contribution in [3.8, 4) is 0 Å². The number of fused-ring (bicyclic) bond motifs is 2. The number of hydrogen-bond donors (Lipinski definition) is 1. The van der Waals surface area contributed by atoms with Gasteiger partial charge in [0.2, 0.25) is 0 Å². The van der Waals surface area contributed by atoms with Crippen LogP contribution in [0.2, 0.25) is 0 Å². The molecule has 74 valence electrons. The minimum Gasteiger partial charge on any atom is -0.327 e. The van der Waals surface area contributed by atoms with Crippen LogP contribution >= 0.6 is 0 Å². The summed E-state index contributed by atoms with van der Waals surface area (Å²) in [6, 6.07) is 0.406. The molecule has 0 aromatic rings. The summed E-state index contributed by atoms with van der Waals surface area (Å²) < 4.78 is 0. The summed E-state index contributed by atoms with van der Waals surface area (Å²) in [5, 5.41) is 0. The largest absolute Gasteiger partial charge is 0.327 e. The van der Waals surface area contributed by atoms with E-state index in [1.54, 1.807) is 11.1 Å². The van der Waals surface area contributed by atoms with Gasteiger partial charge < -0.3 is 5.73 Å². The fourth-order valence-electron chi connectivity index (χ4n) is 3.55. The summed E-state index contributed by atoms with van der Waals surface area (Å²) in [6.07, 6.45) is 2.64. The zero-order valence-electron chi connectivity index (χ0n) is 9.22. The molecule has 1 nitrogen and oxygen atoms in total. The summed E-state index contributed by atoms with van der Waals surface area (Å²) in [4.78, 5) is 0. The van der Waals surface area contributed by atoms with E-state index in [2.05, 4.69) is 27.7 Å². The summed E-state index contributed by atoms with van der Waals surface area (Å²) in [7, 11) is 0. The fraction of sp³-hybridized carbons (Fsp3) is 0.833. The lowest BCUT2D eigenvalue weighted by Crippen LogP contribution is -2.45. The van der Waals surface area contributed by atoms with Crippen molar-refractivity contribution >= 4 is 0 Å². The third kappa shape index (κ3) is 1.10. The van der Waals surface area contributed by atoms with Gasteiger partial charge in [0, 0.05) is 12.0 Å². The normalized spacial score (nSPS) is 42.7. The highest BCUT2D eigenvalue weighted by Crippen LogP contribution is 2.53. The second-order valence-corrected chi connectivity index (χ2v) is 5.55. The SMILES string of the molecule is CC1=C(C)[C@@H]2CCC(C)(C)[C@H]1[C@H]2N. The Balaban J connectivity index is 2.42. The van der Waals surface area contributed by atoms with E-state index in [0.29, 0.717) is 23.3 Å². The second-order valence-electron chi connectivity index (χ2n) is 5.55. The lowest BCUT2D eigenvalue weighted by Gasteiger charge is -2.42. The van der Waals surface area contributed by atoms with Gasteiger partial charge in [-0.3, -0.25) is 0 Å². The quantitative estimate of drug-likeness (QED) is 0.568. The molecule has 0 radical (unpaired) electrons. The lowest BCUT2D eigenvalue weighted by molar-refractivity contribution is 0.134. The molecule has 0 aliphatic heterocycles. The van der Waals surface area contributed by atoms with Crippen molar-refractivity contribution < 1.29 is 0 Å². The third-order valence-corrected chi connectivity index (χ3v) is 4.44. The topological polar surface area (TPSA) is 26.0 Å². The molecular formula is C12H21N. The number of rotatable bonds is 0. The van der Waals surface area contributed by atoms with Gasteiger partial charge in [0.05, 0.1) is 0 Å². The maximum absolute atomic E-state index is 6.30.